The fourth-order valence-corrected chi connectivity index (χ4v) is 1.91. The van der Waals surface area contributed by atoms with Gasteiger partial charge in [0, 0.05) is 36.8 Å². The van der Waals surface area contributed by atoms with Crippen molar-refractivity contribution in [3.05, 3.63) is 54.5 Å². The van der Waals surface area contributed by atoms with Crippen LogP contribution in [0.4, 0.5) is 0 Å². The molecular weight excluding hydrogens is 240 g/mol. The van der Waals surface area contributed by atoms with Gasteiger partial charge < -0.3 is 5.32 Å². The average molecular weight is 252 g/mol. The maximum atomic E-state index is 11.5. The zero-order valence-corrected chi connectivity index (χ0v) is 10.4. The first-order valence-corrected chi connectivity index (χ1v) is 5.90. The Hall–Kier alpha value is -2.69. The summed E-state index contributed by atoms with van der Waals surface area (Å²) in [4.78, 5) is 20.1. The van der Waals surface area contributed by atoms with E-state index in [0.717, 1.165) is 11.3 Å². The number of hydrogen-bond acceptors (Lipinski definition) is 3. The summed E-state index contributed by atoms with van der Waals surface area (Å²) in [6.45, 7) is 0. The van der Waals surface area contributed by atoms with E-state index >= 15 is 0 Å². The molecule has 0 aliphatic heterocycles. The third-order valence-corrected chi connectivity index (χ3v) is 2.91. The number of imidazole rings is 1. The lowest BCUT2D eigenvalue weighted by Gasteiger charge is -2.00. The Morgan fingerprint density at radius 2 is 2.05 bits per heavy atom. The van der Waals surface area contributed by atoms with Crippen LogP contribution in [0.1, 0.15) is 10.4 Å². The molecule has 0 radical (unpaired) electrons. The number of carbonyl (C=O) groups excluding carboxylic acids is 1. The van der Waals surface area contributed by atoms with Crippen LogP contribution in [-0.4, -0.2) is 27.3 Å². The van der Waals surface area contributed by atoms with Crippen molar-refractivity contribution < 1.29 is 4.79 Å². The van der Waals surface area contributed by atoms with Gasteiger partial charge in [0.25, 0.3) is 5.91 Å². The van der Waals surface area contributed by atoms with Gasteiger partial charge in [-0.05, 0) is 18.2 Å². The fourth-order valence-electron chi connectivity index (χ4n) is 1.91. The van der Waals surface area contributed by atoms with Crippen LogP contribution in [0.3, 0.4) is 0 Å². The van der Waals surface area contributed by atoms with Gasteiger partial charge in [0.15, 0.2) is 0 Å². The van der Waals surface area contributed by atoms with Gasteiger partial charge in [0.05, 0.1) is 5.69 Å². The normalized spacial score (nSPS) is 10.6. The van der Waals surface area contributed by atoms with Crippen molar-refractivity contribution in [1.29, 1.82) is 0 Å². The zero-order valence-electron chi connectivity index (χ0n) is 10.4. The molecule has 0 saturated carbocycles. The summed E-state index contributed by atoms with van der Waals surface area (Å²) in [5.41, 5.74) is 2.42. The standard InChI is InChI=1S/C14H12N4O/c1-15-13(19)11-5-3-10(4-6-11)12-9-18-8-2-7-16-14(18)17-12/h2-9H,1H3,(H,15,19). The van der Waals surface area contributed by atoms with E-state index in [0.29, 0.717) is 11.3 Å². The van der Waals surface area contributed by atoms with Gasteiger partial charge in [-0.25, -0.2) is 9.97 Å². The molecule has 5 nitrogen and oxygen atoms in total. The lowest BCUT2D eigenvalue weighted by Crippen LogP contribution is -2.17. The largest absolute Gasteiger partial charge is 0.355 e. The van der Waals surface area contributed by atoms with Crippen molar-refractivity contribution in [2.75, 3.05) is 7.05 Å². The molecule has 1 aromatic carbocycles. The summed E-state index contributed by atoms with van der Waals surface area (Å²) in [6, 6.07) is 9.18. The summed E-state index contributed by atoms with van der Waals surface area (Å²) in [7, 11) is 1.62. The summed E-state index contributed by atoms with van der Waals surface area (Å²) in [6.07, 6.45) is 5.52. The molecule has 0 saturated heterocycles. The van der Waals surface area contributed by atoms with Gasteiger partial charge in [-0.1, -0.05) is 12.1 Å². The number of amides is 1. The number of aromatic nitrogens is 3. The smallest absolute Gasteiger partial charge is 0.251 e. The maximum absolute atomic E-state index is 11.5. The zero-order chi connectivity index (χ0) is 13.2. The number of hydrogen-bond donors (Lipinski definition) is 1. The first kappa shape index (κ1) is 11.4. The molecule has 3 aromatic rings. The van der Waals surface area contributed by atoms with E-state index in [4.69, 9.17) is 0 Å². The van der Waals surface area contributed by atoms with Crippen LogP contribution in [0.25, 0.3) is 17.0 Å². The maximum Gasteiger partial charge on any atom is 0.251 e. The molecule has 0 spiro atoms. The molecular formula is C14H12N4O. The molecule has 0 bridgehead atoms. The number of carbonyl (C=O) groups is 1. The van der Waals surface area contributed by atoms with Gasteiger partial charge >= 0.3 is 0 Å². The van der Waals surface area contributed by atoms with Crippen molar-refractivity contribution in [2.24, 2.45) is 0 Å². The van der Waals surface area contributed by atoms with E-state index in [-0.39, 0.29) is 5.91 Å². The van der Waals surface area contributed by atoms with Crippen molar-refractivity contribution in [3.63, 3.8) is 0 Å². The van der Waals surface area contributed by atoms with E-state index in [1.165, 1.54) is 0 Å². The quantitative estimate of drug-likeness (QED) is 0.756. The van der Waals surface area contributed by atoms with Crippen LogP contribution >= 0.6 is 0 Å². The Morgan fingerprint density at radius 1 is 1.26 bits per heavy atom. The van der Waals surface area contributed by atoms with Crippen LogP contribution in [0.5, 0.6) is 0 Å². The molecule has 2 aromatic heterocycles. The molecule has 1 N–H and O–H groups in total. The molecule has 1 amide bonds. The second kappa shape index (κ2) is 4.53. The highest BCUT2D eigenvalue weighted by Gasteiger charge is 2.06. The Bertz CT molecular complexity index is 698. The lowest BCUT2D eigenvalue weighted by atomic mass is 10.1. The Morgan fingerprint density at radius 3 is 2.74 bits per heavy atom. The number of fused-ring (bicyclic) bond motifs is 1. The topological polar surface area (TPSA) is 59.3 Å². The Labute approximate surface area is 109 Å². The second-order valence-electron chi connectivity index (χ2n) is 4.11. The Balaban J connectivity index is 1.99. The first-order valence-electron chi connectivity index (χ1n) is 5.90. The van der Waals surface area contributed by atoms with Crippen LogP contribution in [0.15, 0.2) is 48.9 Å². The monoisotopic (exact) mass is 252 g/mol. The minimum absolute atomic E-state index is 0.0942. The molecule has 0 aliphatic rings. The second-order valence-corrected chi connectivity index (χ2v) is 4.11. The molecule has 5 heteroatoms. The number of rotatable bonds is 2. The van der Waals surface area contributed by atoms with E-state index < -0.39 is 0 Å². The summed E-state index contributed by atoms with van der Waals surface area (Å²) < 4.78 is 1.86. The molecule has 2 heterocycles. The van der Waals surface area contributed by atoms with Crippen molar-refractivity contribution in [2.45, 2.75) is 0 Å². The molecule has 19 heavy (non-hydrogen) atoms. The third-order valence-electron chi connectivity index (χ3n) is 2.91. The van der Waals surface area contributed by atoms with Gasteiger partial charge in [-0.3, -0.25) is 9.20 Å². The van der Waals surface area contributed by atoms with E-state index in [1.807, 2.05) is 35.0 Å². The van der Waals surface area contributed by atoms with E-state index in [1.54, 1.807) is 25.4 Å². The number of nitrogens with zero attached hydrogens (tertiary/aromatic N) is 3. The van der Waals surface area contributed by atoms with E-state index in [9.17, 15) is 4.79 Å². The van der Waals surface area contributed by atoms with E-state index in [2.05, 4.69) is 15.3 Å². The molecule has 0 unspecified atom stereocenters. The van der Waals surface area contributed by atoms with Gasteiger partial charge in [-0.15, -0.1) is 0 Å². The summed E-state index contributed by atoms with van der Waals surface area (Å²) in [5, 5.41) is 2.59. The fraction of sp³-hybridized carbons (Fsp3) is 0.0714. The number of benzene rings is 1. The van der Waals surface area contributed by atoms with Gasteiger partial charge in [0.2, 0.25) is 5.78 Å². The number of nitrogens with one attached hydrogen (secondary N) is 1. The summed E-state index contributed by atoms with van der Waals surface area (Å²) in [5.74, 6) is 0.566. The van der Waals surface area contributed by atoms with Crippen molar-refractivity contribution in [3.8, 4) is 11.3 Å². The van der Waals surface area contributed by atoms with Crippen LogP contribution in [0.2, 0.25) is 0 Å². The van der Waals surface area contributed by atoms with Crippen molar-refractivity contribution in [1.82, 2.24) is 19.7 Å². The van der Waals surface area contributed by atoms with Gasteiger partial charge in [0.1, 0.15) is 0 Å². The predicted octanol–water partition coefficient (Wildman–Crippen LogP) is 1.76. The summed E-state index contributed by atoms with van der Waals surface area (Å²) >= 11 is 0. The Kier molecular flexibility index (Phi) is 2.72. The molecule has 0 aliphatic carbocycles. The minimum Gasteiger partial charge on any atom is -0.355 e. The highest BCUT2D eigenvalue weighted by molar-refractivity contribution is 5.94. The van der Waals surface area contributed by atoms with Crippen LogP contribution in [-0.2, 0) is 0 Å². The predicted molar refractivity (Wildman–Crippen MR) is 71.8 cm³/mol. The SMILES string of the molecule is CNC(=O)c1ccc(-c2cn3cccnc3n2)cc1. The molecule has 0 atom stereocenters. The molecule has 0 fully saturated rings. The highest BCUT2D eigenvalue weighted by atomic mass is 16.1. The van der Waals surface area contributed by atoms with Gasteiger partial charge in [-0.2, -0.15) is 0 Å². The average Bonchev–Trinajstić information content (AvgIpc) is 2.90. The minimum atomic E-state index is -0.0942. The van der Waals surface area contributed by atoms with Crippen LogP contribution < -0.4 is 5.32 Å². The molecule has 94 valence electrons. The first-order chi connectivity index (χ1) is 9.28. The lowest BCUT2D eigenvalue weighted by molar-refractivity contribution is 0.0963. The van der Waals surface area contributed by atoms with Crippen LogP contribution in [0, 0.1) is 0 Å². The molecule has 3 rings (SSSR count). The highest BCUT2D eigenvalue weighted by Crippen LogP contribution is 2.18. The van der Waals surface area contributed by atoms with Crippen molar-refractivity contribution >= 4 is 11.7 Å². The third kappa shape index (κ3) is 2.06.